The van der Waals surface area contributed by atoms with Crippen LogP contribution in [0, 0.1) is 0 Å². The average Bonchev–Trinajstić information content (AvgIpc) is 2.74. The first-order chi connectivity index (χ1) is 14.5. The number of nitrogens with one attached hydrogen (secondary N) is 2. The lowest BCUT2D eigenvalue weighted by Crippen LogP contribution is -2.47. The minimum atomic E-state index is -0.733. The smallest absolute Gasteiger partial charge is 0.246 e. The molecule has 1 aromatic carbocycles. The molecule has 0 radical (unpaired) electrons. The highest BCUT2D eigenvalue weighted by molar-refractivity contribution is 14.1. The lowest BCUT2D eigenvalue weighted by atomic mass is 9.91. The number of aliphatic hydroxyl groups is 1. The van der Waals surface area contributed by atoms with Crippen LogP contribution in [0.2, 0.25) is 5.02 Å². The zero-order valence-corrected chi connectivity index (χ0v) is 20.1. The number of ether oxygens (including phenoxy) is 2. The van der Waals surface area contributed by atoms with Gasteiger partial charge < -0.3 is 19.9 Å². The van der Waals surface area contributed by atoms with Gasteiger partial charge in [-0.25, -0.2) is 0 Å². The molecule has 0 aromatic heterocycles. The molecule has 168 valence electrons. The van der Waals surface area contributed by atoms with Gasteiger partial charge in [-0.1, -0.05) is 34.2 Å². The molecule has 6 nitrogen and oxygen atoms in total. The minimum absolute atomic E-state index is 0.0144. The van der Waals surface area contributed by atoms with Crippen LogP contribution in [-0.4, -0.2) is 52.6 Å². The van der Waals surface area contributed by atoms with Crippen molar-refractivity contribution in [2.45, 2.75) is 79.7 Å². The SMILES string of the molecule is O=C(COC1CCC(I)CC1)NC1CCC(NC(O)COc2ccc(Cl)cc2)CC1. The van der Waals surface area contributed by atoms with Crippen LogP contribution in [0.5, 0.6) is 5.75 Å². The van der Waals surface area contributed by atoms with Crippen molar-refractivity contribution in [2.24, 2.45) is 0 Å². The normalized spacial score (nSPS) is 28.0. The summed E-state index contributed by atoms with van der Waals surface area (Å²) in [5.74, 6) is 0.663. The predicted molar refractivity (Wildman–Crippen MR) is 126 cm³/mol. The second-order valence-corrected chi connectivity index (χ2v) is 10.4. The van der Waals surface area contributed by atoms with Crippen molar-refractivity contribution >= 4 is 40.1 Å². The number of aliphatic hydroxyl groups excluding tert-OH is 1. The molecule has 30 heavy (non-hydrogen) atoms. The van der Waals surface area contributed by atoms with Crippen molar-refractivity contribution < 1.29 is 19.4 Å². The summed E-state index contributed by atoms with van der Waals surface area (Å²) in [6.45, 7) is 0.338. The van der Waals surface area contributed by atoms with Gasteiger partial charge in [0.15, 0.2) is 0 Å². The molecule has 1 atom stereocenters. The lowest BCUT2D eigenvalue weighted by molar-refractivity contribution is -0.129. The molecule has 3 N–H and O–H groups in total. The fraction of sp³-hybridized carbons (Fsp3) is 0.682. The summed E-state index contributed by atoms with van der Waals surface area (Å²) in [6.07, 6.45) is 7.58. The largest absolute Gasteiger partial charge is 0.489 e. The molecule has 1 amide bonds. The molecule has 0 spiro atoms. The number of benzene rings is 1. The predicted octanol–water partition coefficient (Wildman–Crippen LogP) is 3.82. The summed E-state index contributed by atoms with van der Waals surface area (Å²) in [5, 5.41) is 17.2. The number of rotatable bonds is 9. The Morgan fingerprint density at radius 3 is 2.37 bits per heavy atom. The van der Waals surface area contributed by atoms with Gasteiger partial charge in [0, 0.05) is 21.0 Å². The first-order valence-electron chi connectivity index (χ1n) is 10.9. The molecule has 2 aliphatic rings. The molecule has 2 aliphatic carbocycles. The third kappa shape index (κ3) is 8.49. The average molecular weight is 551 g/mol. The third-order valence-electron chi connectivity index (χ3n) is 5.80. The number of hydrogen-bond acceptors (Lipinski definition) is 5. The Labute approximate surface area is 197 Å². The Morgan fingerprint density at radius 2 is 1.70 bits per heavy atom. The fourth-order valence-corrected chi connectivity index (χ4v) is 4.93. The Kier molecular flexibility index (Phi) is 9.96. The van der Waals surface area contributed by atoms with Crippen LogP contribution in [0.15, 0.2) is 24.3 Å². The quantitative estimate of drug-likeness (QED) is 0.248. The van der Waals surface area contributed by atoms with Crippen molar-refractivity contribution in [1.29, 1.82) is 0 Å². The maximum atomic E-state index is 12.2. The highest BCUT2D eigenvalue weighted by atomic mass is 127. The molecule has 1 unspecified atom stereocenters. The van der Waals surface area contributed by atoms with E-state index in [0.717, 1.165) is 42.4 Å². The van der Waals surface area contributed by atoms with Crippen molar-refractivity contribution in [3.63, 3.8) is 0 Å². The fourth-order valence-electron chi connectivity index (χ4n) is 4.08. The maximum Gasteiger partial charge on any atom is 0.246 e. The topological polar surface area (TPSA) is 79.8 Å². The molecule has 0 bridgehead atoms. The van der Waals surface area contributed by atoms with Crippen LogP contribution in [0.4, 0.5) is 0 Å². The van der Waals surface area contributed by atoms with E-state index in [-0.39, 0.29) is 37.3 Å². The van der Waals surface area contributed by atoms with Crippen LogP contribution in [0.3, 0.4) is 0 Å². The summed E-state index contributed by atoms with van der Waals surface area (Å²) < 4.78 is 12.1. The van der Waals surface area contributed by atoms with Gasteiger partial charge in [-0.2, -0.15) is 0 Å². The van der Waals surface area contributed by atoms with E-state index in [1.165, 1.54) is 12.8 Å². The van der Waals surface area contributed by atoms with Crippen LogP contribution >= 0.6 is 34.2 Å². The zero-order chi connectivity index (χ0) is 21.3. The lowest BCUT2D eigenvalue weighted by Gasteiger charge is -2.31. The summed E-state index contributed by atoms with van der Waals surface area (Å²) in [4.78, 5) is 12.2. The van der Waals surface area contributed by atoms with Crippen molar-refractivity contribution in [3.05, 3.63) is 29.3 Å². The van der Waals surface area contributed by atoms with Gasteiger partial charge in [0.2, 0.25) is 5.91 Å². The Bertz CT molecular complexity index is 647. The van der Waals surface area contributed by atoms with Crippen molar-refractivity contribution in [2.75, 3.05) is 13.2 Å². The number of hydrogen-bond donors (Lipinski definition) is 3. The molecule has 2 saturated carbocycles. The van der Waals surface area contributed by atoms with E-state index in [1.54, 1.807) is 24.3 Å². The van der Waals surface area contributed by atoms with E-state index in [4.69, 9.17) is 21.1 Å². The second kappa shape index (κ2) is 12.4. The van der Waals surface area contributed by atoms with Crippen LogP contribution in [0.25, 0.3) is 0 Å². The summed E-state index contributed by atoms with van der Waals surface area (Å²) in [5.41, 5.74) is 0. The number of alkyl halides is 1. The van der Waals surface area contributed by atoms with Crippen LogP contribution < -0.4 is 15.4 Å². The van der Waals surface area contributed by atoms with E-state index in [0.29, 0.717) is 10.8 Å². The molecule has 2 fully saturated rings. The first-order valence-corrected chi connectivity index (χ1v) is 12.5. The molecule has 8 heteroatoms. The second-order valence-electron chi connectivity index (χ2n) is 8.25. The summed E-state index contributed by atoms with van der Waals surface area (Å²) in [6, 6.07) is 7.48. The number of carbonyl (C=O) groups is 1. The first kappa shape index (κ1) is 24.0. The van der Waals surface area contributed by atoms with Gasteiger partial charge in [0.25, 0.3) is 0 Å². The van der Waals surface area contributed by atoms with E-state index >= 15 is 0 Å². The summed E-state index contributed by atoms with van der Waals surface area (Å²) in [7, 11) is 0. The highest BCUT2D eigenvalue weighted by Gasteiger charge is 2.25. The molecule has 0 aliphatic heterocycles. The Hall–Kier alpha value is -0.610. The van der Waals surface area contributed by atoms with Gasteiger partial charge in [0.1, 0.15) is 25.2 Å². The molecular weight excluding hydrogens is 519 g/mol. The van der Waals surface area contributed by atoms with Gasteiger partial charge in [0.05, 0.1) is 6.10 Å². The van der Waals surface area contributed by atoms with E-state index in [1.807, 2.05) is 0 Å². The van der Waals surface area contributed by atoms with Gasteiger partial charge in [-0.15, -0.1) is 0 Å². The summed E-state index contributed by atoms with van der Waals surface area (Å²) >= 11 is 8.35. The van der Waals surface area contributed by atoms with Crippen molar-refractivity contribution in [3.8, 4) is 5.75 Å². The number of halogens is 2. The monoisotopic (exact) mass is 550 g/mol. The zero-order valence-electron chi connectivity index (χ0n) is 17.2. The van der Waals surface area contributed by atoms with Crippen LogP contribution in [-0.2, 0) is 9.53 Å². The van der Waals surface area contributed by atoms with Gasteiger partial charge >= 0.3 is 0 Å². The number of carbonyl (C=O) groups excluding carboxylic acids is 1. The van der Waals surface area contributed by atoms with Crippen LogP contribution in [0.1, 0.15) is 51.4 Å². The molecule has 0 heterocycles. The van der Waals surface area contributed by atoms with Gasteiger partial charge in [-0.05, 0) is 75.6 Å². The van der Waals surface area contributed by atoms with E-state index in [9.17, 15) is 9.90 Å². The van der Waals surface area contributed by atoms with Gasteiger partial charge in [-0.3, -0.25) is 10.1 Å². The van der Waals surface area contributed by atoms with E-state index < -0.39 is 6.23 Å². The standard InChI is InChI=1S/C22H32ClIN2O4/c23-15-1-9-19(10-2-15)29-13-21(27)25-17-5-7-18(8-6-17)26-22(28)14-30-20-11-3-16(24)4-12-20/h1-2,9-10,16-18,20-21,25,27H,3-8,11-14H2,(H,26,28). The molecule has 1 aromatic rings. The molecular formula is C22H32ClIN2O4. The highest BCUT2D eigenvalue weighted by Crippen LogP contribution is 2.26. The number of amides is 1. The molecule has 3 rings (SSSR count). The Morgan fingerprint density at radius 1 is 1.07 bits per heavy atom. The minimum Gasteiger partial charge on any atom is -0.489 e. The maximum absolute atomic E-state index is 12.2. The van der Waals surface area contributed by atoms with Crippen molar-refractivity contribution in [1.82, 2.24) is 10.6 Å². The molecule has 0 saturated heterocycles. The van der Waals surface area contributed by atoms with E-state index in [2.05, 4.69) is 33.2 Å². The third-order valence-corrected chi connectivity index (χ3v) is 7.29. The Balaban J connectivity index is 1.26.